The van der Waals surface area contributed by atoms with Crippen LogP contribution in [0.4, 0.5) is 13.2 Å². The summed E-state index contributed by atoms with van der Waals surface area (Å²) in [6, 6.07) is 7.57. The quantitative estimate of drug-likeness (QED) is 0.876. The molecular weight excluding hydrogens is 253 g/mol. The third kappa shape index (κ3) is 3.50. The van der Waals surface area contributed by atoms with Crippen LogP contribution >= 0.6 is 0 Å². The van der Waals surface area contributed by atoms with Crippen molar-refractivity contribution in [1.82, 2.24) is 9.88 Å². The lowest BCUT2D eigenvalue weighted by molar-refractivity contribution is -0.136. The first-order valence-electron chi connectivity index (χ1n) is 6.35. The Morgan fingerprint density at radius 1 is 1.21 bits per heavy atom. The molecule has 0 amide bonds. The smallest absolute Gasteiger partial charge is 0.347 e. The number of aryl methyl sites for hydroxylation is 1. The van der Waals surface area contributed by atoms with E-state index in [1.165, 1.54) is 0 Å². The van der Waals surface area contributed by atoms with E-state index in [9.17, 15) is 13.2 Å². The van der Waals surface area contributed by atoms with Gasteiger partial charge in [0.25, 0.3) is 0 Å². The van der Waals surface area contributed by atoms with Gasteiger partial charge in [-0.1, -0.05) is 25.1 Å². The number of para-hydroxylation sites is 1. The minimum absolute atomic E-state index is 0.0316. The van der Waals surface area contributed by atoms with Crippen LogP contribution in [0.1, 0.15) is 18.9 Å². The molecule has 2 rings (SSSR count). The Morgan fingerprint density at radius 2 is 1.95 bits per heavy atom. The first-order valence-corrected chi connectivity index (χ1v) is 6.35. The van der Waals surface area contributed by atoms with E-state index in [2.05, 4.69) is 5.32 Å². The van der Waals surface area contributed by atoms with Crippen molar-refractivity contribution < 1.29 is 13.2 Å². The van der Waals surface area contributed by atoms with Gasteiger partial charge in [-0.15, -0.1) is 0 Å². The second kappa shape index (κ2) is 5.65. The van der Waals surface area contributed by atoms with Crippen LogP contribution in [0.15, 0.2) is 30.5 Å². The van der Waals surface area contributed by atoms with Gasteiger partial charge in [-0.3, -0.25) is 0 Å². The number of halogens is 3. The predicted molar refractivity (Wildman–Crippen MR) is 70.0 cm³/mol. The van der Waals surface area contributed by atoms with Crippen molar-refractivity contribution in [3.63, 3.8) is 0 Å². The summed E-state index contributed by atoms with van der Waals surface area (Å²) in [7, 11) is 0. The topological polar surface area (TPSA) is 17.0 Å². The number of nitrogens with zero attached hydrogens (tertiary/aromatic N) is 1. The molecule has 0 atom stereocenters. The second-order valence-corrected chi connectivity index (χ2v) is 4.51. The molecule has 0 fully saturated rings. The van der Waals surface area contributed by atoms with Crippen molar-refractivity contribution in [3.05, 3.63) is 36.0 Å². The first-order chi connectivity index (χ1) is 9.01. The van der Waals surface area contributed by atoms with E-state index in [0.717, 1.165) is 23.0 Å². The molecule has 0 aliphatic carbocycles. The van der Waals surface area contributed by atoms with E-state index in [1.54, 1.807) is 4.57 Å². The number of aromatic nitrogens is 1. The molecule has 1 aromatic heterocycles. The molecular formula is C14H17F3N2. The summed E-state index contributed by atoms with van der Waals surface area (Å²) in [6.45, 7) is 3.48. The Bertz CT molecular complexity index is 543. The maximum absolute atomic E-state index is 12.3. The molecule has 0 aliphatic rings. The summed E-state index contributed by atoms with van der Waals surface area (Å²) in [5.74, 6) is 0. The molecule has 19 heavy (non-hydrogen) atoms. The van der Waals surface area contributed by atoms with Crippen LogP contribution in [-0.4, -0.2) is 17.3 Å². The average Bonchev–Trinajstić information content (AvgIpc) is 2.72. The van der Waals surface area contributed by atoms with Crippen molar-refractivity contribution in [1.29, 1.82) is 0 Å². The van der Waals surface area contributed by atoms with Crippen molar-refractivity contribution in [2.45, 2.75) is 32.6 Å². The fraction of sp³-hybridized carbons (Fsp3) is 0.429. The van der Waals surface area contributed by atoms with Crippen molar-refractivity contribution >= 4 is 10.9 Å². The lowest BCUT2D eigenvalue weighted by Crippen LogP contribution is -2.12. The molecule has 5 heteroatoms. The summed E-state index contributed by atoms with van der Waals surface area (Å²) in [4.78, 5) is 0. The zero-order chi connectivity index (χ0) is 13.9. The molecule has 1 heterocycles. The van der Waals surface area contributed by atoms with Crippen LogP contribution in [0.5, 0.6) is 0 Å². The highest BCUT2D eigenvalue weighted by atomic mass is 19.4. The Hall–Kier alpha value is -1.49. The molecule has 104 valence electrons. The van der Waals surface area contributed by atoms with E-state index < -0.39 is 12.6 Å². The van der Waals surface area contributed by atoms with Gasteiger partial charge in [-0.05, 0) is 18.2 Å². The predicted octanol–water partition coefficient (Wildman–Crippen LogP) is 3.70. The van der Waals surface area contributed by atoms with Crippen LogP contribution < -0.4 is 5.32 Å². The van der Waals surface area contributed by atoms with Gasteiger partial charge in [0, 0.05) is 30.2 Å². The number of benzene rings is 1. The highest BCUT2D eigenvalue weighted by Gasteiger charge is 2.26. The SMILES string of the molecule is CCNCc1cn(CCC(F)(F)F)c2ccccc12. The zero-order valence-electron chi connectivity index (χ0n) is 10.8. The maximum atomic E-state index is 12.3. The Morgan fingerprint density at radius 3 is 2.63 bits per heavy atom. The molecule has 0 unspecified atom stereocenters. The summed E-state index contributed by atoms with van der Waals surface area (Å²) in [5, 5.41) is 4.23. The van der Waals surface area contributed by atoms with Crippen LogP contribution in [0.2, 0.25) is 0 Å². The van der Waals surface area contributed by atoms with Crippen molar-refractivity contribution in [2.24, 2.45) is 0 Å². The molecule has 0 spiro atoms. The molecule has 0 aliphatic heterocycles. The van der Waals surface area contributed by atoms with E-state index >= 15 is 0 Å². The number of hydrogen-bond acceptors (Lipinski definition) is 1. The summed E-state index contributed by atoms with van der Waals surface area (Å²) >= 11 is 0. The van der Waals surface area contributed by atoms with Gasteiger partial charge < -0.3 is 9.88 Å². The number of nitrogens with one attached hydrogen (secondary N) is 1. The number of alkyl halides is 3. The molecule has 0 bridgehead atoms. The normalized spacial score (nSPS) is 12.2. The Kier molecular flexibility index (Phi) is 4.14. The standard InChI is InChI=1S/C14H17F3N2/c1-2-18-9-11-10-19(8-7-14(15,16)17)13-6-4-3-5-12(11)13/h3-6,10,18H,2,7-9H2,1H3. The minimum Gasteiger partial charge on any atom is -0.347 e. The third-order valence-corrected chi connectivity index (χ3v) is 3.07. The highest BCUT2D eigenvalue weighted by molar-refractivity contribution is 5.83. The van der Waals surface area contributed by atoms with Gasteiger partial charge in [0.1, 0.15) is 0 Å². The van der Waals surface area contributed by atoms with Crippen LogP contribution in [0.25, 0.3) is 10.9 Å². The molecule has 0 saturated carbocycles. The van der Waals surface area contributed by atoms with Gasteiger partial charge in [0.2, 0.25) is 0 Å². The van der Waals surface area contributed by atoms with Crippen LogP contribution in [-0.2, 0) is 13.1 Å². The molecule has 0 radical (unpaired) electrons. The molecule has 2 nitrogen and oxygen atoms in total. The largest absolute Gasteiger partial charge is 0.390 e. The van der Waals surface area contributed by atoms with Gasteiger partial charge in [-0.2, -0.15) is 13.2 Å². The van der Waals surface area contributed by atoms with Crippen molar-refractivity contribution in [3.8, 4) is 0 Å². The maximum Gasteiger partial charge on any atom is 0.390 e. The molecule has 2 aromatic rings. The zero-order valence-corrected chi connectivity index (χ0v) is 10.8. The summed E-state index contributed by atoms with van der Waals surface area (Å²) < 4.78 is 38.7. The lowest BCUT2D eigenvalue weighted by Gasteiger charge is -2.08. The van der Waals surface area contributed by atoms with E-state index in [-0.39, 0.29) is 6.54 Å². The monoisotopic (exact) mass is 270 g/mol. The Labute approximate surface area is 110 Å². The number of rotatable bonds is 5. The fourth-order valence-electron chi connectivity index (χ4n) is 2.16. The van der Waals surface area contributed by atoms with Gasteiger partial charge in [-0.25, -0.2) is 0 Å². The van der Waals surface area contributed by atoms with Crippen LogP contribution in [0, 0.1) is 0 Å². The number of hydrogen-bond donors (Lipinski definition) is 1. The first kappa shape index (κ1) is 13.9. The molecule has 1 N–H and O–H groups in total. The van der Waals surface area contributed by atoms with Gasteiger partial charge in [0.05, 0.1) is 6.42 Å². The third-order valence-electron chi connectivity index (χ3n) is 3.07. The fourth-order valence-corrected chi connectivity index (χ4v) is 2.16. The van der Waals surface area contributed by atoms with Gasteiger partial charge >= 0.3 is 6.18 Å². The summed E-state index contributed by atoms with van der Waals surface area (Å²) in [5.41, 5.74) is 1.90. The molecule has 0 saturated heterocycles. The molecule has 1 aromatic carbocycles. The number of fused-ring (bicyclic) bond motifs is 1. The van der Waals surface area contributed by atoms with E-state index in [0.29, 0.717) is 6.54 Å². The van der Waals surface area contributed by atoms with E-state index in [4.69, 9.17) is 0 Å². The minimum atomic E-state index is -4.12. The Balaban J connectivity index is 2.28. The highest BCUT2D eigenvalue weighted by Crippen LogP contribution is 2.25. The van der Waals surface area contributed by atoms with E-state index in [1.807, 2.05) is 37.4 Å². The summed E-state index contributed by atoms with van der Waals surface area (Å²) in [6.07, 6.45) is -3.10. The van der Waals surface area contributed by atoms with Crippen molar-refractivity contribution in [2.75, 3.05) is 6.54 Å². The second-order valence-electron chi connectivity index (χ2n) is 4.51. The van der Waals surface area contributed by atoms with Crippen LogP contribution in [0.3, 0.4) is 0 Å². The van der Waals surface area contributed by atoms with Gasteiger partial charge in [0.15, 0.2) is 0 Å². The lowest BCUT2D eigenvalue weighted by atomic mass is 10.2. The average molecular weight is 270 g/mol.